The Labute approximate surface area is 151 Å². The third-order valence-corrected chi connectivity index (χ3v) is 7.18. The maximum atomic E-state index is 12.2. The van der Waals surface area contributed by atoms with Crippen molar-refractivity contribution in [2.45, 2.75) is 70.8 Å². The van der Waals surface area contributed by atoms with Crippen LogP contribution in [0.4, 0.5) is 0 Å². The largest absolute Gasteiger partial charge is 0.356 e. The summed E-state index contributed by atoms with van der Waals surface area (Å²) in [6, 6.07) is 0.278. The van der Waals surface area contributed by atoms with Gasteiger partial charge in [-0.05, 0) is 50.9 Å². The molecule has 2 fully saturated rings. The lowest BCUT2D eigenvalue weighted by Gasteiger charge is -2.30. The van der Waals surface area contributed by atoms with Gasteiger partial charge in [0.25, 0.3) is 0 Å². The van der Waals surface area contributed by atoms with E-state index in [1.807, 2.05) is 0 Å². The van der Waals surface area contributed by atoms with Gasteiger partial charge in [0, 0.05) is 24.9 Å². The first kappa shape index (κ1) is 20.2. The summed E-state index contributed by atoms with van der Waals surface area (Å²) in [6.07, 6.45) is 7.46. The smallest absolute Gasteiger partial charge is 0.223 e. The maximum absolute atomic E-state index is 12.2. The first-order chi connectivity index (χ1) is 11.9. The van der Waals surface area contributed by atoms with Crippen molar-refractivity contribution in [3.05, 3.63) is 0 Å². The Hall–Kier alpha value is -1.11. The monoisotopic (exact) mass is 372 g/mol. The molecule has 0 aromatic rings. The van der Waals surface area contributed by atoms with Crippen molar-refractivity contribution >= 4 is 21.7 Å². The molecule has 25 heavy (non-hydrogen) atoms. The topological polar surface area (TPSA) is 92.3 Å². The van der Waals surface area contributed by atoms with Crippen molar-refractivity contribution in [2.75, 3.05) is 18.1 Å². The summed E-state index contributed by atoms with van der Waals surface area (Å²) in [4.78, 5) is 24.0. The minimum absolute atomic E-state index is 0.00453. The van der Waals surface area contributed by atoms with Crippen molar-refractivity contribution < 1.29 is 18.0 Å². The fourth-order valence-corrected chi connectivity index (χ4v) is 5.18. The molecule has 1 aliphatic heterocycles. The van der Waals surface area contributed by atoms with E-state index in [-0.39, 0.29) is 35.3 Å². The molecule has 0 bridgehead atoms. The Bertz CT molecular complexity index is 539. The summed E-state index contributed by atoms with van der Waals surface area (Å²) in [7, 11) is -2.92. The van der Waals surface area contributed by atoms with E-state index in [0.717, 1.165) is 38.5 Å². The molecule has 2 N–H and O–H groups in total. The van der Waals surface area contributed by atoms with Crippen molar-refractivity contribution in [1.82, 2.24) is 10.6 Å². The lowest BCUT2D eigenvalue weighted by Crippen LogP contribution is -2.41. The third-order valence-electron chi connectivity index (χ3n) is 5.46. The third kappa shape index (κ3) is 6.96. The summed E-state index contributed by atoms with van der Waals surface area (Å²) < 4.78 is 22.9. The molecule has 144 valence electrons. The fraction of sp³-hybridized carbons (Fsp3) is 0.889. The van der Waals surface area contributed by atoms with Crippen molar-refractivity contribution in [3.63, 3.8) is 0 Å². The Balaban J connectivity index is 1.62. The predicted octanol–water partition coefficient (Wildman–Crippen LogP) is 1.79. The Kier molecular flexibility index (Phi) is 7.72. The van der Waals surface area contributed by atoms with Crippen LogP contribution < -0.4 is 10.6 Å². The molecule has 7 heteroatoms. The molecule has 0 spiro atoms. The van der Waals surface area contributed by atoms with Crippen LogP contribution in [-0.2, 0) is 19.4 Å². The lowest BCUT2D eigenvalue weighted by atomic mass is 9.85. The van der Waals surface area contributed by atoms with E-state index in [1.165, 1.54) is 0 Å². The second-order valence-corrected chi connectivity index (χ2v) is 9.86. The van der Waals surface area contributed by atoms with Gasteiger partial charge in [0.2, 0.25) is 11.8 Å². The number of unbranched alkanes of at least 4 members (excludes halogenated alkanes) is 1. The van der Waals surface area contributed by atoms with Gasteiger partial charge in [-0.1, -0.05) is 13.3 Å². The molecule has 0 atom stereocenters. The minimum atomic E-state index is -2.92. The number of sulfone groups is 1. The average Bonchev–Trinajstić information content (AvgIpc) is 2.59. The second-order valence-electron chi connectivity index (χ2n) is 7.56. The van der Waals surface area contributed by atoms with Gasteiger partial charge in [-0.15, -0.1) is 0 Å². The average molecular weight is 373 g/mol. The summed E-state index contributed by atoms with van der Waals surface area (Å²) in [5.74, 6) is 0.732. The van der Waals surface area contributed by atoms with E-state index in [4.69, 9.17) is 0 Å². The van der Waals surface area contributed by atoms with Gasteiger partial charge in [0.1, 0.15) is 9.84 Å². The van der Waals surface area contributed by atoms with Crippen molar-refractivity contribution in [1.29, 1.82) is 0 Å². The highest BCUT2D eigenvalue weighted by molar-refractivity contribution is 7.91. The van der Waals surface area contributed by atoms with Gasteiger partial charge in [-0.2, -0.15) is 0 Å². The van der Waals surface area contributed by atoms with Crippen LogP contribution in [0.2, 0.25) is 0 Å². The Morgan fingerprint density at radius 3 is 2.24 bits per heavy atom. The van der Waals surface area contributed by atoms with Crippen molar-refractivity contribution in [2.24, 2.45) is 11.8 Å². The molecule has 0 radical (unpaired) electrons. The number of hydrogen-bond acceptors (Lipinski definition) is 4. The van der Waals surface area contributed by atoms with Gasteiger partial charge in [0.05, 0.1) is 11.5 Å². The molecule has 2 aliphatic rings. The molecule has 1 saturated heterocycles. The molecule has 0 aromatic carbocycles. The molecule has 2 amide bonds. The molecule has 2 rings (SSSR count). The summed E-state index contributed by atoms with van der Waals surface area (Å²) in [5, 5.41) is 6.13. The number of amides is 2. The maximum Gasteiger partial charge on any atom is 0.223 e. The minimum Gasteiger partial charge on any atom is -0.356 e. The summed E-state index contributed by atoms with van der Waals surface area (Å²) >= 11 is 0. The zero-order chi connectivity index (χ0) is 18.3. The van der Waals surface area contributed by atoms with E-state index >= 15 is 0 Å². The van der Waals surface area contributed by atoms with Crippen LogP contribution in [0.1, 0.15) is 64.7 Å². The van der Waals surface area contributed by atoms with Gasteiger partial charge in [-0.3, -0.25) is 9.59 Å². The van der Waals surface area contributed by atoms with Crippen LogP contribution in [-0.4, -0.2) is 44.3 Å². The van der Waals surface area contributed by atoms with Gasteiger partial charge in [0.15, 0.2) is 0 Å². The quantitative estimate of drug-likeness (QED) is 0.713. The normalized spacial score (nSPS) is 26.8. The lowest BCUT2D eigenvalue weighted by molar-refractivity contribution is -0.125. The number of hydrogen-bond donors (Lipinski definition) is 2. The highest BCUT2D eigenvalue weighted by Gasteiger charge is 2.29. The van der Waals surface area contributed by atoms with E-state index in [9.17, 15) is 18.0 Å². The second kappa shape index (κ2) is 9.55. The number of carbonyl (C=O) groups excluding carboxylic acids is 2. The SMILES string of the molecule is CCCCC(=O)NC1CCC(CNC(=O)C2CCS(=O)(=O)CC2)CC1. The first-order valence-corrected chi connectivity index (χ1v) is 11.5. The van der Waals surface area contributed by atoms with Crippen LogP contribution in [0.3, 0.4) is 0 Å². The van der Waals surface area contributed by atoms with Crippen LogP contribution >= 0.6 is 0 Å². The van der Waals surface area contributed by atoms with Gasteiger partial charge < -0.3 is 10.6 Å². The first-order valence-electron chi connectivity index (χ1n) is 9.67. The van der Waals surface area contributed by atoms with E-state index < -0.39 is 9.84 Å². The number of nitrogens with one attached hydrogen (secondary N) is 2. The van der Waals surface area contributed by atoms with Gasteiger partial charge >= 0.3 is 0 Å². The van der Waals surface area contributed by atoms with Crippen LogP contribution in [0.25, 0.3) is 0 Å². The molecule has 6 nitrogen and oxygen atoms in total. The fourth-order valence-electron chi connectivity index (χ4n) is 3.69. The molecule has 0 unspecified atom stereocenters. The molecule has 1 heterocycles. The molecule has 1 saturated carbocycles. The van der Waals surface area contributed by atoms with E-state index in [0.29, 0.717) is 31.7 Å². The zero-order valence-electron chi connectivity index (χ0n) is 15.3. The highest BCUT2D eigenvalue weighted by Crippen LogP contribution is 2.24. The molecule has 1 aliphatic carbocycles. The number of rotatable bonds is 7. The standard InChI is InChI=1S/C18H32N2O4S/c1-2-3-4-17(21)20-16-7-5-14(6-8-16)13-19-18(22)15-9-11-25(23,24)12-10-15/h14-16H,2-13H2,1H3,(H,19,22)(H,20,21). The van der Waals surface area contributed by atoms with E-state index in [2.05, 4.69) is 17.6 Å². The Morgan fingerprint density at radius 1 is 1.00 bits per heavy atom. The number of carbonyl (C=O) groups is 2. The van der Waals surface area contributed by atoms with Crippen LogP contribution in [0.5, 0.6) is 0 Å². The van der Waals surface area contributed by atoms with Gasteiger partial charge in [-0.25, -0.2) is 8.42 Å². The zero-order valence-corrected chi connectivity index (χ0v) is 16.1. The Morgan fingerprint density at radius 2 is 1.64 bits per heavy atom. The van der Waals surface area contributed by atoms with E-state index in [1.54, 1.807) is 0 Å². The molecular weight excluding hydrogens is 340 g/mol. The van der Waals surface area contributed by atoms with Crippen molar-refractivity contribution in [3.8, 4) is 0 Å². The summed E-state index contributed by atoms with van der Waals surface area (Å²) in [6.45, 7) is 2.75. The van der Waals surface area contributed by atoms with Crippen LogP contribution in [0.15, 0.2) is 0 Å². The van der Waals surface area contributed by atoms with Crippen LogP contribution in [0, 0.1) is 11.8 Å². The highest BCUT2D eigenvalue weighted by atomic mass is 32.2. The predicted molar refractivity (Wildman–Crippen MR) is 97.8 cm³/mol. The molecule has 0 aromatic heterocycles. The molecular formula is C18H32N2O4S. The summed E-state index contributed by atoms with van der Waals surface area (Å²) in [5.41, 5.74) is 0.